The van der Waals surface area contributed by atoms with Gasteiger partial charge < -0.3 is 0 Å². The summed E-state index contributed by atoms with van der Waals surface area (Å²) in [6.45, 7) is 0. The van der Waals surface area contributed by atoms with Gasteiger partial charge in [0.25, 0.3) is 0 Å². The lowest BCUT2D eigenvalue weighted by Gasteiger charge is -2.26. The van der Waals surface area contributed by atoms with Crippen LogP contribution in [0.15, 0.2) is 23.1 Å². The van der Waals surface area contributed by atoms with Gasteiger partial charge in [0, 0.05) is 15.7 Å². The average Bonchev–Trinajstić information content (AvgIpc) is 2.80. The van der Waals surface area contributed by atoms with Crippen LogP contribution in [0.4, 0.5) is 0 Å². The highest BCUT2D eigenvalue weighted by Gasteiger charge is 2.32. The van der Waals surface area contributed by atoms with E-state index in [1.165, 1.54) is 25.7 Å². The van der Waals surface area contributed by atoms with Crippen LogP contribution < -0.4 is 0 Å². The fourth-order valence-corrected chi connectivity index (χ4v) is 4.66. The van der Waals surface area contributed by atoms with Crippen LogP contribution in [0.3, 0.4) is 0 Å². The zero-order chi connectivity index (χ0) is 12.3. The molecule has 0 spiro atoms. The third kappa shape index (κ3) is 3.50. The van der Waals surface area contributed by atoms with E-state index in [1.807, 2.05) is 30.0 Å². The molecule has 94 valence electrons. The number of thiol groups is 1. The van der Waals surface area contributed by atoms with Gasteiger partial charge in [-0.15, -0.1) is 11.8 Å². The van der Waals surface area contributed by atoms with Gasteiger partial charge in [0.2, 0.25) is 0 Å². The Morgan fingerprint density at radius 3 is 2.59 bits per heavy atom. The lowest BCUT2D eigenvalue weighted by atomic mass is 9.91. The number of hydrogen-bond donors (Lipinski definition) is 1. The highest BCUT2D eigenvalue weighted by molar-refractivity contribution is 7.99. The molecular formula is C13H16Cl2S2. The fraction of sp³-hybridized carbons (Fsp3) is 0.538. The van der Waals surface area contributed by atoms with Crippen LogP contribution in [-0.2, 0) is 0 Å². The van der Waals surface area contributed by atoms with Crippen molar-refractivity contribution in [3.05, 3.63) is 28.2 Å². The van der Waals surface area contributed by atoms with Crippen molar-refractivity contribution < 1.29 is 0 Å². The Morgan fingerprint density at radius 1 is 1.24 bits per heavy atom. The summed E-state index contributed by atoms with van der Waals surface area (Å²) in [6, 6.07) is 5.65. The molecule has 1 aromatic carbocycles. The second kappa shape index (κ2) is 6.10. The van der Waals surface area contributed by atoms with E-state index in [2.05, 4.69) is 12.6 Å². The molecule has 0 atom stereocenters. The summed E-state index contributed by atoms with van der Waals surface area (Å²) in [7, 11) is 0. The molecule has 1 saturated carbocycles. The van der Waals surface area contributed by atoms with Gasteiger partial charge in [0.05, 0.1) is 5.02 Å². The van der Waals surface area contributed by atoms with Gasteiger partial charge >= 0.3 is 0 Å². The van der Waals surface area contributed by atoms with Gasteiger partial charge in [-0.2, -0.15) is 12.6 Å². The average molecular weight is 307 g/mol. The molecule has 0 nitrogen and oxygen atoms in total. The zero-order valence-corrected chi connectivity index (χ0v) is 12.8. The quantitative estimate of drug-likeness (QED) is 0.560. The molecule has 17 heavy (non-hydrogen) atoms. The smallest absolute Gasteiger partial charge is 0.0542 e. The molecule has 1 aromatic rings. The lowest BCUT2D eigenvalue weighted by Crippen LogP contribution is -2.21. The fourth-order valence-electron chi connectivity index (χ4n) is 2.29. The van der Waals surface area contributed by atoms with Gasteiger partial charge in [-0.25, -0.2) is 0 Å². The van der Waals surface area contributed by atoms with Gasteiger partial charge in [0.1, 0.15) is 0 Å². The Hall–Kier alpha value is 0.500. The number of thioether (sulfide) groups is 1. The maximum absolute atomic E-state index is 6.17. The van der Waals surface area contributed by atoms with E-state index < -0.39 is 0 Å². The van der Waals surface area contributed by atoms with E-state index in [9.17, 15) is 0 Å². The molecule has 0 N–H and O–H groups in total. The van der Waals surface area contributed by atoms with Gasteiger partial charge in [0.15, 0.2) is 0 Å². The molecule has 0 aliphatic heterocycles. The van der Waals surface area contributed by atoms with Gasteiger partial charge in [-0.1, -0.05) is 36.0 Å². The summed E-state index contributed by atoms with van der Waals surface area (Å²) < 4.78 is 0. The van der Waals surface area contributed by atoms with Crippen molar-refractivity contribution in [3.8, 4) is 0 Å². The van der Waals surface area contributed by atoms with Crippen LogP contribution in [-0.4, -0.2) is 11.5 Å². The highest BCUT2D eigenvalue weighted by Crippen LogP contribution is 2.44. The van der Waals surface area contributed by atoms with Crippen LogP contribution in [0.1, 0.15) is 25.7 Å². The van der Waals surface area contributed by atoms with Crippen molar-refractivity contribution in [2.45, 2.75) is 30.6 Å². The Bertz CT molecular complexity index is 387. The molecule has 0 aromatic heterocycles. The van der Waals surface area contributed by atoms with E-state index in [0.29, 0.717) is 5.41 Å². The standard InChI is InChI=1S/C13H16Cl2S2/c14-10-3-4-11(15)12(7-10)17-9-13(8-16)5-1-2-6-13/h3-4,7,16H,1-2,5-6,8-9H2. The first-order valence-corrected chi connectivity index (χ1v) is 8.21. The van der Waals surface area contributed by atoms with Crippen LogP contribution in [0, 0.1) is 5.41 Å². The number of hydrogen-bond acceptors (Lipinski definition) is 2. The van der Waals surface area contributed by atoms with Crippen molar-refractivity contribution in [3.63, 3.8) is 0 Å². The number of benzene rings is 1. The Kier molecular flexibility index (Phi) is 4.99. The molecule has 1 fully saturated rings. The summed E-state index contributed by atoms with van der Waals surface area (Å²) in [5, 5.41) is 1.55. The third-order valence-corrected chi connectivity index (χ3v) is 6.18. The van der Waals surface area contributed by atoms with E-state index in [-0.39, 0.29) is 0 Å². The zero-order valence-electron chi connectivity index (χ0n) is 9.59. The van der Waals surface area contributed by atoms with Crippen molar-refractivity contribution in [1.29, 1.82) is 0 Å². The maximum atomic E-state index is 6.17. The van der Waals surface area contributed by atoms with Gasteiger partial charge in [-0.3, -0.25) is 0 Å². The Balaban J connectivity index is 2.03. The Morgan fingerprint density at radius 2 is 1.94 bits per heavy atom. The number of rotatable bonds is 4. The SMILES string of the molecule is SCC1(CSc2cc(Cl)ccc2Cl)CCCC1. The van der Waals surface area contributed by atoms with Crippen molar-refractivity contribution >= 4 is 47.6 Å². The monoisotopic (exact) mass is 306 g/mol. The number of halogens is 2. The molecule has 0 radical (unpaired) electrons. The van der Waals surface area contributed by atoms with E-state index in [4.69, 9.17) is 23.2 Å². The molecule has 0 unspecified atom stereocenters. The minimum atomic E-state index is 0.402. The predicted molar refractivity (Wildman–Crippen MR) is 81.9 cm³/mol. The van der Waals surface area contributed by atoms with E-state index >= 15 is 0 Å². The van der Waals surface area contributed by atoms with E-state index in [0.717, 1.165) is 26.4 Å². The van der Waals surface area contributed by atoms with Crippen molar-refractivity contribution in [2.75, 3.05) is 11.5 Å². The molecule has 0 heterocycles. The van der Waals surface area contributed by atoms with Gasteiger partial charge in [-0.05, 0) is 42.2 Å². The topological polar surface area (TPSA) is 0 Å². The molecular weight excluding hydrogens is 291 g/mol. The second-order valence-electron chi connectivity index (χ2n) is 4.73. The highest BCUT2D eigenvalue weighted by atomic mass is 35.5. The van der Waals surface area contributed by atoms with Crippen LogP contribution in [0.25, 0.3) is 0 Å². The van der Waals surface area contributed by atoms with Crippen molar-refractivity contribution in [2.24, 2.45) is 5.41 Å². The van der Waals surface area contributed by atoms with Crippen LogP contribution >= 0.6 is 47.6 Å². The van der Waals surface area contributed by atoms with Crippen LogP contribution in [0.5, 0.6) is 0 Å². The van der Waals surface area contributed by atoms with Crippen LogP contribution in [0.2, 0.25) is 10.0 Å². The largest absolute Gasteiger partial charge is 0.179 e. The lowest BCUT2D eigenvalue weighted by molar-refractivity contribution is 0.403. The first-order chi connectivity index (χ1) is 8.15. The first kappa shape index (κ1) is 13.9. The normalized spacial score (nSPS) is 18.5. The molecule has 1 aliphatic carbocycles. The first-order valence-electron chi connectivity index (χ1n) is 5.84. The molecule has 0 saturated heterocycles. The summed E-state index contributed by atoms with van der Waals surface area (Å²) in [5.74, 6) is 2.06. The molecule has 0 bridgehead atoms. The van der Waals surface area contributed by atoms with Crippen molar-refractivity contribution in [1.82, 2.24) is 0 Å². The van der Waals surface area contributed by atoms with E-state index in [1.54, 1.807) is 0 Å². The second-order valence-corrected chi connectivity index (χ2v) is 6.91. The maximum Gasteiger partial charge on any atom is 0.0542 e. The predicted octanol–water partition coefficient (Wildman–Crippen LogP) is 5.58. The summed E-state index contributed by atoms with van der Waals surface area (Å²) >= 11 is 18.5. The summed E-state index contributed by atoms with van der Waals surface area (Å²) in [6.07, 6.45) is 5.26. The summed E-state index contributed by atoms with van der Waals surface area (Å²) in [4.78, 5) is 1.09. The minimum absolute atomic E-state index is 0.402. The molecule has 2 rings (SSSR count). The molecule has 1 aliphatic rings. The third-order valence-electron chi connectivity index (χ3n) is 3.43. The molecule has 4 heteroatoms. The Labute approximate surface area is 123 Å². The summed E-state index contributed by atoms with van der Waals surface area (Å²) in [5.41, 5.74) is 0.402. The molecule has 0 amide bonds. The minimum Gasteiger partial charge on any atom is -0.179 e.